The lowest BCUT2D eigenvalue weighted by molar-refractivity contribution is -0.121. The van der Waals surface area contributed by atoms with Gasteiger partial charge in [0.1, 0.15) is 5.78 Å². The molecule has 0 heterocycles. The Kier molecular flexibility index (Phi) is 2.88. The molecule has 1 atom stereocenters. The zero-order valence-electron chi connectivity index (χ0n) is 14.3. The van der Waals surface area contributed by atoms with Gasteiger partial charge in [-0.15, -0.1) is 0 Å². The van der Waals surface area contributed by atoms with Crippen LogP contribution in [0, 0.1) is 17.8 Å². The fourth-order valence-corrected chi connectivity index (χ4v) is 3.24. The van der Waals surface area contributed by atoms with E-state index in [2.05, 4.69) is 6.92 Å². The maximum absolute atomic E-state index is 11.7. The van der Waals surface area contributed by atoms with Crippen molar-refractivity contribution in [1.82, 2.24) is 0 Å². The number of carbonyl (C=O) groups excluding carboxylic acids is 1. The summed E-state index contributed by atoms with van der Waals surface area (Å²) >= 11 is 0. The molecule has 0 aromatic carbocycles. The average Bonchev–Trinajstić information content (AvgIpc) is 2.39. The van der Waals surface area contributed by atoms with Crippen LogP contribution in [0.15, 0.2) is 0 Å². The molecule has 2 fully saturated rings. The van der Waals surface area contributed by atoms with Gasteiger partial charge in [-0.25, -0.2) is 0 Å². The Morgan fingerprint density at radius 1 is 1.19 bits per heavy atom. The van der Waals surface area contributed by atoms with Gasteiger partial charge < -0.3 is 0 Å². The highest BCUT2D eigenvalue weighted by Gasteiger charge is 2.29. The summed E-state index contributed by atoms with van der Waals surface area (Å²) in [5.74, 6) is 0.168. The Balaban J connectivity index is 2.04. The van der Waals surface area contributed by atoms with E-state index in [-0.39, 0.29) is 18.3 Å². The smallest absolute Gasteiger partial charge is 0.132 e. The third kappa shape index (κ3) is 3.09. The zero-order valence-corrected chi connectivity index (χ0v) is 10.3. The van der Waals surface area contributed by atoms with Crippen molar-refractivity contribution in [1.29, 1.82) is 0 Å². The van der Waals surface area contributed by atoms with E-state index < -0.39 is 18.5 Å². The molecule has 1 unspecified atom stereocenters. The van der Waals surface area contributed by atoms with Gasteiger partial charge in [0.25, 0.3) is 0 Å². The minimum Gasteiger partial charge on any atom is -0.300 e. The van der Waals surface area contributed by atoms with Crippen LogP contribution in [0.4, 0.5) is 0 Å². The molecule has 0 aromatic rings. The largest absolute Gasteiger partial charge is 0.300 e. The second kappa shape index (κ2) is 5.84. The summed E-state index contributed by atoms with van der Waals surface area (Å²) in [5, 5.41) is 0. The Bertz CT molecular complexity index is 359. The maximum Gasteiger partial charge on any atom is 0.132 e. The van der Waals surface area contributed by atoms with Crippen molar-refractivity contribution in [2.75, 3.05) is 0 Å². The molecule has 2 aliphatic carbocycles. The van der Waals surface area contributed by atoms with Gasteiger partial charge in [0.15, 0.2) is 0 Å². The van der Waals surface area contributed by atoms with Crippen LogP contribution in [-0.2, 0) is 4.79 Å². The average molecular weight is 226 g/mol. The van der Waals surface area contributed by atoms with Crippen LogP contribution in [0.2, 0.25) is 0 Å². The Hall–Kier alpha value is -0.330. The molecule has 0 amide bonds. The second-order valence-corrected chi connectivity index (χ2v) is 5.41. The molecule has 1 heteroatoms. The van der Waals surface area contributed by atoms with E-state index in [0.29, 0.717) is 6.42 Å². The molecular formula is C15H26O. The molecule has 2 rings (SSSR count). The normalized spacial score (nSPS) is 46.3. The van der Waals surface area contributed by atoms with Crippen molar-refractivity contribution in [2.24, 2.45) is 17.8 Å². The van der Waals surface area contributed by atoms with Crippen molar-refractivity contribution in [2.45, 2.75) is 71.0 Å². The highest BCUT2D eigenvalue weighted by Crippen LogP contribution is 2.40. The van der Waals surface area contributed by atoms with Crippen molar-refractivity contribution in [3.63, 3.8) is 0 Å². The molecule has 2 saturated carbocycles. The van der Waals surface area contributed by atoms with Crippen LogP contribution >= 0.6 is 0 Å². The van der Waals surface area contributed by atoms with Crippen LogP contribution in [0.25, 0.3) is 0 Å². The number of hydrogen-bond donors (Lipinski definition) is 0. The molecule has 0 aliphatic heterocycles. The monoisotopic (exact) mass is 226 g/mol. The third-order valence-corrected chi connectivity index (χ3v) is 4.24. The summed E-state index contributed by atoms with van der Waals surface area (Å²) in [7, 11) is 0. The number of carbonyl (C=O) groups is 1. The quantitative estimate of drug-likeness (QED) is 0.699. The van der Waals surface area contributed by atoms with E-state index in [9.17, 15) is 4.79 Å². The molecule has 0 spiro atoms. The highest BCUT2D eigenvalue weighted by atomic mass is 16.1. The first-order valence-corrected chi connectivity index (χ1v) is 6.84. The first-order valence-electron chi connectivity index (χ1n) is 8.84. The zero-order chi connectivity index (χ0) is 15.0. The summed E-state index contributed by atoms with van der Waals surface area (Å²) in [4.78, 5) is 11.7. The molecule has 16 heavy (non-hydrogen) atoms. The molecule has 1 nitrogen and oxygen atoms in total. The van der Waals surface area contributed by atoms with Gasteiger partial charge in [-0.05, 0) is 43.4 Å². The van der Waals surface area contributed by atoms with E-state index in [1.165, 1.54) is 12.8 Å². The van der Waals surface area contributed by atoms with Gasteiger partial charge in [-0.1, -0.05) is 32.6 Å². The van der Waals surface area contributed by atoms with E-state index in [0.717, 1.165) is 31.6 Å². The first kappa shape index (κ1) is 7.89. The standard InChI is InChI=1S/C15H26O/c1-2-3-12-4-6-13(7-5-12)14-8-10-15(16)11-9-14/h12-14H,2-11H2,1H3/i8D2,10D2. The van der Waals surface area contributed by atoms with E-state index in [1.54, 1.807) is 0 Å². The van der Waals surface area contributed by atoms with Gasteiger partial charge in [0.05, 0.1) is 0 Å². The molecule has 0 bridgehead atoms. The number of rotatable bonds is 3. The third-order valence-electron chi connectivity index (χ3n) is 4.24. The number of hydrogen-bond acceptors (Lipinski definition) is 1. The summed E-state index contributed by atoms with van der Waals surface area (Å²) in [5.41, 5.74) is 0. The van der Waals surface area contributed by atoms with Gasteiger partial charge in [-0.3, -0.25) is 4.79 Å². The van der Waals surface area contributed by atoms with Crippen molar-refractivity contribution in [3.8, 4) is 0 Å². The first-order chi connectivity index (χ1) is 9.30. The molecule has 92 valence electrons. The molecule has 0 radical (unpaired) electrons. The summed E-state index contributed by atoms with van der Waals surface area (Å²) in [6.45, 7) is 2.20. The van der Waals surface area contributed by atoms with E-state index >= 15 is 0 Å². The van der Waals surface area contributed by atoms with Crippen molar-refractivity contribution in [3.05, 3.63) is 0 Å². The van der Waals surface area contributed by atoms with Gasteiger partial charge >= 0.3 is 0 Å². The molecular weight excluding hydrogens is 196 g/mol. The molecule has 2 aliphatic rings. The number of Topliss-reactive ketones (excluding diaryl/α,β-unsaturated/α-hetero) is 1. The van der Waals surface area contributed by atoms with Crippen LogP contribution in [0.5, 0.6) is 0 Å². The van der Waals surface area contributed by atoms with Crippen LogP contribution < -0.4 is 0 Å². The summed E-state index contributed by atoms with van der Waals surface area (Å²) < 4.78 is 32.0. The Morgan fingerprint density at radius 3 is 2.62 bits per heavy atom. The molecule has 0 aromatic heterocycles. The van der Waals surface area contributed by atoms with Gasteiger partial charge in [0.2, 0.25) is 0 Å². The predicted molar refractivity (Wildman–Crippen MR) is 67.3 cm³/mol. The lowest BCUT2D eigenvalue weighted by Gasteiger charge is -2.35. The summed E-state index contributed by atoms with van der Waals surface area (Å²) in [6.07, 6.45) is 3.14. The minimum atomic E-state index is -2.31. The van der Waals surface area contributed by atoms with Crippen LogP contribution in [0.3, 0.4) is 0 Å². The minimum absolute atomic E-state index is 0.200. The lowest BCUT2D eigenvalue weighted by Crippen LogP contribution is -2.25. The van der Waals surface area contributed by atoms with Gasteiger partial charge in [-0.2, -0.15) is 0 Å². The highest BCUT2D eigenvalue weighted by molar-refractivity contribution is 5.79. The Labute approximate surface area is 106 Å². The fraction of sp³-hybridized carbons (Fsp3) is 0.933. The fourth-order valence-electron chi connectivity index (χ4n) is 3.24. The lowest BCUT2D eigenvalue weighted by atomic mass is 9.70. The predicted octanol–water partition coefficient (Wildman–Crippen LogP) is 4.35. The van der Waals surface area contributed by atoms with Gasteiger partial charge in [0, 0.05) is 18.3 Å². The maximum atomic E-state index is 11.7. The molecule has 0 saturated heterocycles. The van der Waals surface area contributed by atoms with Crippen LogP contribution in [0.1, 0.15) is 76.5 Å². The van der Waals surface area contributed by atoms with Crippen LogP contribution in [-0.4, -0.2) is 5.78 Å². The molecule has 0 N–H and O–H groups in total. The van der Waals surface area contributed by atoms with Crippen molar-refractivity contribution >= 4 is 5.78 Å². The van der Waals surface area contributed by atoms with Crippen molar-refractivity contribution < 1.29 is 10.3 Å². The Morgan fingerprint density at radius 2 is 1.94 bits per heavy atom. The second-order valence-electron chi connectivity index (χ2n) is 5.41. The van der Waals surface area contributed by atoms with E-state index in [1.807, 2.05) is 0 Å². The topological polar surface area (TPSA) is 17.1 Å². The SMILES string of the molecule is [2H]C1([2H])C(=O)CCC(C2CCC(CCC)CC2)C1([2H])[2H]. The number of ketones is 1. The summed E-state index contributed by atoms with van der Waals surface area (Å²) in [6, 6.07) is 0. The van der Waals surface area contributed by atoms with E-state index in [4.69, 9.17) is 5.48 Å².